The molecule has 1 heteroatoms. The molecule has 0 aromatic heterocycles. The zero-order chi connectivity index (χ0) is 11.9. The highest BCUT2D eigenvalue weighted by Gasteiger charge is 2.41. The lowest BCUT2D eigenvalue weighted by Crippen LogP contribution is -2.36. The van der Waals surface area contributed by atoms with Crippen LogP contribution in [0, 0.1) is 11.3 Å². The van der Waals surface area contributed by atoms with E-state index in [0.29, 0.717) is 5.92 Å². The summed E-state index contributed by atoms with van der Waals surface area (Å²) in [4.78, 5) is 12.0. The molecular weight excluding hydrogens is 196 g/mol. The number of hydrogen-bond acceptors (Lipinski definition) is 1. The highest BCUT2D eigenvalue weighted by molar-refractivity contribution is 6.06. The molecule has 0 aromatic rings. The van der Waals surface area contributed by atoms with Gasteiger partial charge in [0.2, 0.25) is 0 Å². The number of carbonyl (C=O) groups is 1. The average molecular weight is 218 g/mol. The molecule has 2 aliphatic rings. The first-order chi connectivity index (χ1) is 7.45. The first kappa shape index (κ1) is 11.6. The molecule has 88 valence electrons. The Kier molecular flexibility index (Phi) is 2.81. The van der Waals surface area contributed by atoms with Gasteiger partial charge in [-0.05, 0) is 62.5 Å². The summed E-state index contributed by atoms with van der Waals surface area (Å²) >= 11 is 0. The van der Waals surface area contributed by atoms with Crippen molar-refractivity contribution in [3.05, 3.63) is 22.8 Å². The lowest BCUT2D eigenvalue weighted by molar-refractivity contribution is -0.112. The summed E-state index contributed by atoms with van der Waals surface area (Å²) in [5, 5.41) is 0. The number of fused-ring (bicyclic) bond motifs is 1. The molecule has 0 amide bonds. The quantitative estimate of drug-likeness (QED) is 0.561. The van der Waals surface area contributed by atoms with Gasteiger partial charge in [-0.2, -0.15) is 0 Å². The number of hydrogen-bond donors (Lipinski definition) is 0. The van der Waals surface area contributed by atoms with Crippen LogP contribution in [-0.2, 0) is 4.79 Å². The second-order valence-electron chi connectivity index (χ2n) is 5.90. The van der Waals surface area contributed by atoms with Gasteiger partial charge in [-0.15, -0.1) is 0 Å². The zero-order valence-corrected chi connectivity index (χ0v) is 10.9. The Bertz CT molecular complexity index is 382. The molecule has 1 saturated carbocycles. The molecule has 1 nitrogen and oxygen atoms in total. The van der Waals surface area contributed by atoms with Crippen LogP contribution in [0.4, 0.5) is 0 Å². The van der Waals surface area contributed by atoms with Gasteiger partial charge >= 0.3 is 0 Å². The Balaban J connectivity index is 2.46. The standard InChI is InChI=1S/C15H22O/c1-10(2)13-9-15(4)11(3)6-5-7-12(15)8-14(13)16/h8,11H,5-7,9H2,1-4H3/t11-,15+/m1/s1. The van der Waals surface area contributed by atoms with E-state index in [1.807, 2.05) is 6.08 Å². The van der Waals surface area contributed by atoms with Crippen LogP contribution < -0.4 is 0 Å². The van der Waals surface area contributed by atoms with Crippen LogP contribution in [0.3, 0.4) is 0 Å². The molecule has 0 spiro atoms. The average Bonchev–Trinajstić information content (AvgIpc) is 2.20. The van der Waals surface area contributed by atoms with E-state index in [9.17, 15) is 4.79 Å². The maximum absolute atomic E-state index is 12.0. The summed E-state index contributed by atoms with van der Waals surface area (Å²) in [7, 11) is 0. The van der Waals surface area contributed by atoms with E-state index in [1.165, 1.54) is 24.0 Å². The maximum Gasteiger partial charge on any atom is 0.181 e. The van der Waals surface area contributed by atoms with Gasteiger partial charge in [0.25, 0.3) is 0 Å². The van der Waals surface area contributed by atoms with E-state index in [0.717, 1.165) is 18.4 Å². The molecule has 0 aliphatic heterocycles. The van der Waals surface area contributed by atoms with Crippen LogP contribution >= 0.6 is 0 Å². The third kappa shape index (κ3) is 1.66. The summed E-state index contributed by atoms with van der Waals surface area (Å²) in [6, 6.07) is 0. The molecule has 0 radical (unpaired) electrons. The van der Waals surface area contributed by atoms with Crippen molar-refractivity contribution in [3.63, 3.8) is 0 Å². The van der Waals surface area contributed by atoms with Crippen molar-refractivity contribution in [3.8, 4) is 0 Å². The van der Waals surface area contributed by atoms with Crippen LogP contribution in [0.5, 0.6) is 0 Å². The van der Waals surface area contributed by atoms with Crippen molar-refractivity contribution in [2.75, 3.05) is 0 Å². The molecular formula is C15H22O. The van der Waals surface area contributed by atoms with Gasteiger partial charge in [-0.1, -0.05) is 25.0 Å². The van der Waals surface area contributed by atoms with Crippen LogP contribution in [-0.4, -0.2) is 5.78 Å². The topological polar surface area (TPSA) is 17.1 Å². The van der Waals surface area contributed by atoms with Gasteiger partial charge in [0.1, 0.15) is 0 Å². The van der Waals surface area contributed by atoms with Crippen LogP contribution in [0.15, 0.2) is 22.8 Å². The van der Waals surface area contributed by atoms with Crippen molar-refractivity contribution >= 4 is 5.78 Å². The van der Waals surface area contributed by atoms with E-state index >= 15 is 0 Å². The lowest BCUT2D eigenvalue weighted by atomic mass is 9.59. The zero-order valence-electron chi connectivity index (χ0n) is 10.9. The van der Waals surface area contributed by atoms with Crippen molar-refractivity contribution in [2.24, 2.45) is 11.3 Å². The Hall–Kier alpha value is -0.850. The molecule has 0 heterocycles. The van der Waals surface area contributed by atoms with Crippen LogP contribution in [0.1, 0.15) is 53.4 Å². The normalized spacial score (nSPS) is 34.5. The van der Waals surface area contributed by atoms with Crippen molar-refractivity contribution in [1.29, 1.82) is 0 Å². The van der Waals surface area contributed by atoms with Crippen LogP contribution in [0.2, 0.25) is 0 Å². The third-order valence-electron chi connectivity index (χ3n) is 4.65. The van der Waals surface area contributed by atoms with Gasteiger partial charge in [0, 0.05) is 0 Å². The molecule has 0 N–H and O–H groups in total. The van der Waals surface area contributed by atoms with Gasteiger partial charge in [0.15, 0.2) is 5.78 Å². The second kappa shape index (κ2) is 3.87. The lowest BCUT2D eigenvalue weighted by Gasteiger charge is -2.45. The molecule has 0 unspecified atom stereocenters. The molecule has 0 saturated heterocycles. The Morgan fingerprint density at radius 3 is 2.75 bits per heavy atom. The summed E-state index contributed by atoms with van der Waals surface area (Å²) in [5.41, 5.74) is 3.90. The summed E-state index contributed by atoms with van der Waals surface area (Å²) in [6.45, 7) is 8.80. The fourth-order valence-corrected chi connectivity index (χ4v) is 3.17. The highest BCUT2D eigenvalue weighted by atomic mass is 16.1. The first-order valence-corrected chi connectivity index (χ1v) is 6.37. The van der Waals surface area contributed by atoms with Gasteiger partial charge in [-0.3, -0.25) is 4.79 Å². The first-order valence-electron chi connectivity index (χ1n) is 6.37. The van der Waals surface area contributed by atoms with Crippen molar-refractivity contribution in [1.82, 2.24) is 0 Å². The Labute approximate surface area is 98.6 Å². The summed E-state index contributed by atoms with van der Waals surface area (Å²) < 4.78 is 0. The monoisotopic (exact) mass is 218 g/mol. The second-order valence-corrected chi connectivity index (χ2v) is 5.90. The predicted molar refractivity (Wildman–Crippen MR) is 67.2 cm³/mol. The van der Waals surface area contributed by atoms with E-state index in [4.69, 9.17) is 0 Å². The molecule has 0 aromatic carbocycles. The maximum atomic E-state index is 12.0. The van der Waals surface area contributed by atoms with E-state index in [2.05, 4.69) is 27.7 Å². The summed E-state index contributed by atoms with van der Waals surface area (Å²) in [5.74, 6) is 0.969. The third-order valence-corrected chi connectivity index (χ3v) is 4.65. The van der Waals surface area contributed by atoms with E-state index in [1.54, 1.807) is 0 Å². The SMILES string of the molecule is CC(C)=C1C[C@]2(C)C(=CC1=O)CCC[C@H]2C. The molecule has 1 fully saturated rings. The largest absolute Gasteiger partial charge is 0.290 e. The van der Waals surface area contributed by atoms with Crippen LogP contribution in [0.25, 0.3) is 0 Å². The highest BCUT2D eigenvalue weighted by Crippen LogP contribution is 2.51. The molecule has 2 rings (SSSR count). The van der Waals surface area contributed by atoms with E-state index in [-0.39, 0.29) is 11.2 Å². The Morgan fingerprint density at radius 1 is 1.44 bits per heavy atom. The minimum atomic E-state index is 0.249. The smallest absolute Gasteiger partial charge is 0.181 e. The Morgan fingerprint density at radius 2 is 2.12 bits per heavy atom. The van der Waals surface area contributed by atoms with Gasteiger partial charge < -0.3 is 0 Å². The van der Waals surface area contributed by atoms with Crippen molar-refractivity contribution in [2.45, 2.75) is 53.4 Å². The van der Waals surface area contributed by atoms with Gasteiger partial charge in [0.05, 0.1) is 0 Å². The van der Waals surface area contributed by atoms with Gasteiger partial charge in [-0.25, -0.2) is 0 Å². The molecule has 16 heavy (non-hydrogen) atoms. The number of carbonyl (C=O) groups excluding carboxylic acids is 1. The fourth-order valence-electron chi connectivity index (χ4n) is 3.17. The fraction of sp³-hybridized carbons (Fsp3) is 0.667. The van der Waals surface area contributed by atoms with E-state index < -0.39 is 0 Å². The predicted octanol–water partition coefficient (Wildman–Crippen LogP) is 4.05. The molecule has 2 aliphatic carbocycles. The number of ketones is 1. The minimum absolute atomic E-state index is 0.249. The number of allylic oxidation sites excluding steroid dienone is 4. The minimum Gasteiger partial charge on any atom is -0.290 e. The number of rotatable bonds is 0. The molecule has 2 atom stereocenters. The van der Waals surface area contributed by atoms with Crippen molar-refractivity contribution < 1.29 is 4.79 Å². The summed E-state index contributed by atoms with van der Waals surface area (Å²) in [6.07, 6.45) is 6.57. The molecule has 0 bridgehead atoms.